The number of rotatable bonds is 5. The summed E-state index contributed by atoms with van der Waals surface area (Å²) in [6.45, 7) is 4.01. The first-order chi connectivity index (χ1) is 9.97. The highest BCUT2D eigenvalue weighted by molar-refractivity contribution is 7.11. The molecule has 0 aliphatic carbocycles. The number of aromatic nitrogens is 1. The van der Waals surface area contributed by atoms with Gasteiger partial charge in [0.1, 0.15) is 11.6 Å². The number of hydrogen-bond acceptors (Lipinski definition) is 4. The number of aryl methyl sites for hydroxylation is 2. The smallest absolute Gasteiger partial charge is 0.328 e. The molecule has 0 aliphatic rings. The van der Waals surface area contributed by atoms with E-state index in [2.05, 4.69) is 4.98 Å². The van der Waals surface area contributed by atoms with E-state index in [0.29, 0.717) is 5.56 Å². The first-order valence-electron chi connectivity index (χ1n) is 6.22. The predicted octanol–water partition coefficient (Wildman–Crippen LogP) is 3.58. The molecule has 0 bridgehead atoms. The number of carboxylic acids is 1. The summed E-state index contributed by atoms with van der Waals surface area (Å²) in [7, 11) is 0. The lowest BCUT2D eigenvalue weighted by Gasteiger charge is -2.08. The molecule has 6 heteroatoms. The Morgan fingerprint density at radius 2 is 2.24 bits per heavy atom. The Morgan fingerprint density at radius 3 is 2.86 bits per heavy atom. The van der Waals surface area contributed by atoms with Gasteiger partial charge in [0.15, 0.2) is 11.6 Å². The zero-order valence-electron chi connectivity index (χ0n) is 11.6. The molecule has 1 heterocycles. The fraction of sp³-hybridized carbons (Fsp3) is 0.200. The van der Waals surface area contributed by atoms with Crippen molar-refractivity contribution in [2.45, 2.75) is 20.5 Å². The van der Waals surface area contributed by atoms with Gasteiger partial charge in [-0.1, -0.05) is 12.1 Å². The number of halogens is 1. The summed E-state index contributed by atoms with van der Waals surface area (Å²) in [5.74, 6) is -1.61. The van der Waals surface area contributed by atoms with Gasteiger partial charge in [-0.05, 0) is 26.0 Å². The second kappa shape index (κ2) is 6.49. The second-order valence-corrected chi connectivity index (χ2v) is 5.66. The first-order valence-corrected chi connectivity index (χ1v) is 7.04. The lowest BCUT2D eigenvalue weighted by molar-refractivity contribution is -0.131. The van der Waals surface area contributed by atoms with Crippen LogP contribution in [0.2, 0.25) is 0 Å². The Balaban J connectivity index is 2.20. The van der Waals surface area contributed by atoms with Crippen molar-refractivity contribution in [3.8, 4) is 5.75 Å². The van der Waals surface area contributed by atoms with Gasteiger partial charge in [-0.3, -0.25) is 0 Å². The van der Waals surface area contributed by atoms with Crippen LogP contribution in [0.15, 0.2) is 24.3 Å². The predicted molar refractivity (Wildman–Crippen MR) is 79.0 cm³/mol. The maximum Gasteiger partial charge on any atom is 0.328 e. The second-order valence-electron chi connectivity index (χ2n) is 4.37. The molecule has 0 aliphatic heterocycles. The number of hydrogen-bond donors (Lipinski definition) is 1. The Bertz CT molecular complexity index is 675. The van der Waals surface area contributed by atoms with Crippen LogP contribution in [-0.4, -0.2) is 16.1 Å². The van der Waals surface area contributed by atoms with Crippen molar-refractivity contribution in [2.75, 3.05) is 0 Å². The van der Waals surface area contributed by atoms with Gasteiger partial charge in [0.2, 0.25) is 0 Å². The molecule has 1 aromatic carbocycles. The Morgan fingerprint density at radius 1 is 1.48 bits per heavy atom. The molecule has 21 heavy (non-hydrogen) atoms. The van der Waals surface area contributed by atoms with Crippen molar-refractivity contribution in [2.24, 2.45) is 0 Å². The number of benzene rings is 1. The minimum absolute atomic E-state index is 0.0282. The maximum atomic E-state index is 13.8. The number of nitrogens with zero attached hydrogens (tertiary/aromatic N) is 1. The molecular weight excluding hydrogens is 293 g/mol. The highest BCUT2D eigenvalue weighted by Gasteiger charge is 2.10. The van der Waals surface area contributed by atoms with Crippen molar-refractivity contribution < 1.29 is 19.0 Å². The Labute approximate surface area is 125 Å². The molecule has 0 saturated heterocycles. The van der Waals surface area contributed by atoms with Gasteiger partial charge in [0.05, 0.1) is 5.69 Å². The van der Waals surface area contributed by atoms with Crippen LogP contribution in [0.25, 0.3) is 6.08 Å². The molecular formula is C15H14FNO3S. The van der Waals surface area contributed by atoms with E-state index in [0.717, 1.165) is 21.7 Å². The Hall–Kier alpha value is -2.21. The van der Waals surface area contributed by atoms with Crippen LogP contribution in [0.5, 0.6) is 5.75 Å². The number of aliphatic carboxylic acids is 1. The molecule has 0 atom stereocenters. The average Bonchev–Trinajstić information content (AvgIpc) is 2.74. The molecule has 0 spiro atoms. The van der Waals surface area contributed by atoms with Crippen LogP contribution in [-0.2, 0) is 11.4 Å². The standard InChI is InChI=1S/C15H14FNO3S/c1-9-10(2)21-13(17-9)8-20-15-11(6-7-14(18)19)4-3-5-12(15)16/h3-7H,8H2,1-2H3,(H,18,19)/b7-6+. The number of para-hydroxylation sites is 1. The van der Waals surface area contributed by atoms with Crippen LogP contribution in [0.1, 0.15) is 21.1 Å². The fourth-order valence-corrected chi connectivity index (χ4v) is 2.55. The van der Waals surface area contributed by atoms with E-state index in [-0.39, 0.29) is 12.4 Å². The average molecular weight is 307 g/mol. The van der Waals surface area contributed by atoms with Crippen LogP contribution in [0, 0.1) is 19.7 Å². The normalized spacial score (nSPS) is 11.0. The van der Waals surface area contributed by atoms with Gasteiger partial charge >= 0.3 is 5.97 Å². The summed E-state index contributed by atoms with van der Waals surface area (Å²) in [5.41, 5.74) is 1.31. The molecule has 0 radical (unpaired) electrons. The van der Waals surface area contributed by atoms with Gasteiger partial charge < -0.3 is 9.84 Å². The van der Waals surface area contributed by atoms with E-state index < -0.39 is 11.8 Å². The monoisotopic (exact) mass is 307 g/mol. The lowest BCUT2D eigenvalue weighted by atomic mass is 10.2. The van der Waals surface area contributed by atoms with E-state index in [9.17, 15) is 9.18 Å². The number of carbonyl (C=O) groups is 1. The summed E-state index contributed by atoms with van der Waals surface area (Å²) in [4.78, 5) is 16.0. The zero-order chi connectivity index (χ0) is 15.4. The minimum Gasteiger partial charge on any atom is -0.483 e. The van der Waals surface area contributed by atoms with Gasteiger partial charge in [-0.2, -0.15) is 0 Å². The highest BCUT2D eigenvalue weighted by Crippen LogP contribution is 2.26. The maximum absolute atomic E-state index is 13.8. The molecule has 110 valence electrons. The zero-order valence-corrected chi connectivity index (χ0v) is 12.4. The SMILES string of the molecule is Cc1nc(COc2c(F)cccc2/C=C/C(=O)O)sc1C. The summed E-state index contributed by atoms with van der Waals surface area (Å²) < 4.78 is 19.3. The third-order valence-electron chi connectivity index (χ3n) is 2.82. The van der Waals surface area contributed by atoms with Gasteiger partial charge in [-0.15, -0.1) is 11.3 Å². The largest absolute Gasteiger partial charge is 0.483 e. The number of ether oxygens (including phenoxy) is 1. The van der Waals surface area contributed by atoms with E-state index in [1.54, 1.807) is 6.07 Å². The molecule has 0 fully saturated rings. The lowest BCUT2D eigenvalue weighted by Crippen LogP contribution is -1.99. The molecule has 2 aromatic rings. The van der Waals surface area contributed by atoms with Crippen LogP contribution < -0.4 is 4.74 Å². The van der Waals surface area contributed by atoms with Gasteiger partial charge in [-0.25, -0.2) is 14.2 Å². The highest BCUT2D eigenvalue weighted by atomic mass is 32.1. The van der Waals surface area contributed by atoms with Gasteiger partial charge in [0, 0.05) is 16.5 Å². The molecule has 0 amide bonds. The van der Waals surface area contributed by atoms with E-state index in [1.165, 1.54) is 29.5 Å². The van der Waals surface area contributed by atoms with Crippen LogP contribution in [0.4, 0.5) is 4.39 Å². The third kappa shape index (κ3) is 3.88. The van der Waals surface area contributed by atoms with Crippen molar-refractivity contribution in [3.05, 3.63) is 51.2 Å². The van der Waals surface area contributed by atoms with Crippen molar-refractivity contribution in [1.29, 1.82) is 0 Å². The van der Waals surface area contributed by atoms with E-state index in [4.69, 9.17) is 9.84 Å². The molecule has 4 nitrogen and oxygen atoms in total. The molecule has 1 aromatic heterocycles. The van der Waals surface area contributed by atoms with Crippen LogP contribution >= 0.6 is 11.3 Å². The van der Waals surface area contributed by atoms with E-state index in [1.807, 2.05) is 13.8 Å². The number of thiazole rings is 1. The summed E-state index contributed by atoms with van der Waals surface area (Å²) in [6.07, 6.45) is 2.25. The summed E-state index contributed by atoms with van der Waals surface area (Å²) in [5, 5.41) is 9.40. The number of carboxylic acid groups (broad SMARTS) is 1. The van der Waals surface area contributed by atoms with Crippen molar-refractivity contribution >= 4 is 23.4 Å². The molecule has 0 saturated carbocycles. The topological polar surface area (TPSA) is 59.4 Å². The van der Waals surface area contributed by atoms with Crippen molar-refractivity contribution in [3.63, 3.8) is 0 Å². The minimum atomic E-state index is -1.10. The molecule has 2 rings (SSSR count). The third-order valence-corrected chi connectivity index (χ3v) is 3.86. The first kappa shape index (κ1) is 15.2. The van der Waals surface area contributed by atoms with E-state index >= 15 is 0 Å². The van der Waals surface area contributed by atoms with Gasteiger partial charge in [0.25, 0.3) is 0 Å². The summed E-state index contributed by atoms with van der Waals surface area (Å²) >= 11 is 1.49. The summed E-state index contributed by atoms with van der Waals surface area (Å²) in [6, 6.07) is 4.36. The quantitative estimate of drug-likeness (QED) is 0.858. The molecule has 1 N–H and O–H groups in total. The van der Waals surface area contributed by atoms with Crippen molar-refractivity contribution in [1.82, 2.24) is 4.98 Å². The Kier molecular flexibility index (Phi) is 4.70. The van der Waals surface area contributed by atoms with Crippen LogP contribution in [0.3, 0.4) is 0 Å². The fourth-order valence-electron chi connectivity index (χ4n) is 1.70. The molecule has 0 unspecified atom stereocenters.